The molecular weight excluding hydrogens is 490 g/mol. The van der Waals surface area contributed by atoms with Crippen LogP contribution in [-0.2, 0) is 22.4 Å². The molecule has 1 spiro atoms. The molecular formula is C32H43N3O4. The molecule has 2 heterocycles. The maximum atomic E-state index is 12.7. The molecule has 1 saturated carbocycles. The molecule has 2 aliphatic rings. The Balaban J connectivity index is 1.53. The number of nitrogens with zero attached hydrogens (tertiary/aromatic N) is 1. The van der Waals surface area contributed by atoms with Crippen molar-refractivity contribution >= 4 is 5.91 Å². The zero-order valence-corrected chi connectivity index (χ0v) is 23.9. The Kier molecular flexibility index (Phi) is 9.00. The molecule has 4 rings (SSSR count). The SMILES string of the molecule is C#Cc1cccc(C[C@H](NC(=O)[C@@H](C)OC)[C@H](O)CN[C@H]2CC3(CCC3)Oc3ncc(CC(C)(C)C)cc32)c1. The summed E-state index contributed by atoms with van der Waals surface area (Å²) in [5.74, 6) is 3.07. The van der Waals surface area contributed by atoms with Gasteiger partial charge in [-0.3, -0.25) is 4.79 Å². The lowest BCUT2D eigenvalue weighted by Crippen LogP contribution is -2.53. The number of methoxy groups -OCH3 is 1. The van der Waals surface area contributed by atoms with Gasteiger partial charge in [0.15, 0.2) is 0 Å². The molecule has 1 aliphatic carbocycles. The zero-order valence-electron chi connectivity index (χ0n) is 23.9. The van der Waals surface area contributed by atoms with E-state index in [0.717, 1.165) is 48.8 Å². The number of benzene rings is 1. The number of aliphatic hydroxyl groups is 1. The number of pyridine rings is 1. The van der Waals surface area contributed by atoms with E-state index in [1.165, 1.54) is 12.7 Å². The standard InChI is InChI=1S/C32H43N3O4/c1-7-22-10-8-11-23(14-22)16-26(35-29(37)21(2)38-6)28(36)20-33-27-18-32(12-9-13-32)39-30-25(27)15-24(19-34-30)17-31(3,4)5/h1,8,10-11,14-15,19,21,26-28,33,36H,9,12-13,16-18,20H2,2-6H3,(H,35,37)/t21-,26+,27+,28-/m1/s1. The quantitative estimate of drug-likeness (QED) is 0.398. The molecule has 0 radical (unpaired) electrons. The molecule has 210 valence electrons. The van der Waals surface area contributed by atoms with E-state index >= 15 is 0 Å². The molecule has 1 amide bonds. The second-order valence-electron chi connectivity index (χ2n) is 12.4. The van der Waals surface area contributed by atoms with Gasteiger partial charge < -0.3 is 25.2 Å². The van der Waals surface area contributed by atoms with Crippen LogP contribution in [0.1, 0.15) is 81.7 Å². The van der Waals surface area contributed by atoms with Crippen LogP contribution in [0, 0.1) is 17.8 Å². The second kappa shape index (κ2) is 12.1. The predicted molar refractivity (Wildman–Crippen MR) is 152 cm³/mol. The summed E-state index contributed by atoms with van der Waals surface area (Å²) in [5, 5.41) is 18.0. The van der Waals surface area contributed by atoms with Crippen molar-refractivity contribution in [3.05, 3.63) is 58.8 Å². The smallest absolute Gasteiger partial charge is 0.249 e. The second-order valence-corrected chi connectivity index (χ2v) is 12.4. The molecule has 39 heavy (non-hydrogen) atoms. The maximum Gasteiger partial charge on any atom is 0.249 e. The number of fused-ring (bicyclic) bond motifs is 1. The first-order valence-electron chi connectivity index (χ1n) is 14.0. The van der Waals surface area contributed by atoms with Gasteiger partial charge in [0.05, 0.1) is 12.1 Å². The Hall–Kier alpha value is -2.92. The zero-order chi connectivity index (χ0) is 28.2. The van der Waals surface area contributed by atoms with E-state index in [2.05, 4.69) is 43.4 Å². The predicted octanol–water partition coefficient (Wildman–Crippen LogP) is 4.11. The molecule has 1 fully saturated rings. The summed E-state index contributed by atoms with van der Waals surface area (Å²) >= 11 is 0. The largest absolute Gasteiger partial charge is 0.471 e. The number of carbonyl (C=O) groups is 1. The van der Waals surface area contributed by atoms with Gasteiger partial charge in [-0.05, 0) is 73.8 Å². The molecule has 2 aromatic rings. The molecule has 0 saturated heterocycles. The van der Waals surface area contributed by atoms with Crippen LogP contribution in [0.4, 0.5) is 0 Å². The minimum atomic E-state index is -0.846. The summed E-state index contributed by atoms with van der Waals surface area (Å²) < 4.78 is 11.6. The van der Waals surface area contributed by atoms with Crippen molar-refractivity contribution in [2.24, 2.45) is 5.41 Å². The van der Waals surface area contributed by atoms with Crippen molar-refractivity contribution in [1.29, 1.82) is 0 Å². The third-order valence-corrected chi connectivity index (χ3v) is 7.84. The minimum absolute atomic E-state index is 0.00450. The van der Waals surface area contributed by atoms with Crippen LogP contribution in [0.3, 0.4) is 0 Å². The first-order valence-corrected chi connectivity index (χ1v) is 14.0. The number of nitrogens with one attached hydrogen (secondary N) is 2. The number of hydrogen-bond acceptors (Lipinski definition) is 6. The van der Waals surface area contributed by atoms with E-state index in [4.69, 9.17) is 20.9 Å². The third-order valence-electron chi connectivity index (χ3n) is 7.84. The van der Waals surface area contributed by atoms with E-state index in [9.17, 15) is 9.90 Å². The number of aliphatic hydroxyl groups excluding tert-OH is 1. The van der Waals surface area contributed by atoms with Gasteiger partial charge in [0.2, 0.25) is 11.8 Å². The van der Waals surface area contributed by atoms with Gasteiger partial charge in [0.25, 0.3) is 0 Å². The van der Waals surface area contributed by atoms with E-state index in [1.807, 2.05) is 30.5 Å². The Morgan fingerprint density at radius 1 is 1.31 bits per heavy atom. The highest BCUT2D eigenvalue weighted by molar-refractivity contribution is 5.80. The van der Waals surface area contributed by atoms with Gasteiger partial charge in [-0.2, -0.15) is 0 Å². The molecule has 0 unspecified atom stereocenters. The summed E-state index contributed by atoms with van der Waals surface area (Å²) in [4.78, 5) is 17.5. The van der Waals surface area contributed by atoms with Crippen LogP contribution >= 0.6 is 0 Å². The highest BCUT2D eigenvalue weighted by atomic mass is 16.5. The molecule has 1 aliphatic heterocycles. The molecule has 0 bridgehead atoms. The molecule has 1 aromatic carbocycles. The number of carbonyl (C=O) groups excluding carboxylic acids is 1. The topological polar surface area (TPSA) is 92.7 Å². The first kappa shape index (κ1) is 29.1. The minimum Gasteiger partial charge on any atom is -0.471 e. The number of rotatable bonds is 10. The fourth-order valence-corrected chi connectivity index (χ4v) is 5.48. The van der Waals surface area contributed by atoms with Crippen molar-refractivity contribution in [3.63, 3.8) is 0 Å². The summed E-state index contributed by atoms with van der Waals surface area (Å²) in [6, 6.07) is 9.30. The number of aromatic nitrogens is 1. The summed E-state index contributed by atoms with van der Waals surface area (Å²) in [7, 11) is 1.49. The average Bonchev–Trinajstić information content (AvgIpc) is 2.88. The lowest BCUT2D eigenvalue weighted by molar-refractivity contribution is -0.131. The molecule has 7 nitrogen and oxygen atoms in total. The number of amides is 1. The van der Waals surface area contributed by atoms with Crippen molar-refractivity contribution in [2.75, 3.05) is 13.7 Å². The van der Waals surface area contributed by atoms with Crippen LogP contribution in [0.25, 0.3) is 0 Å². The molecule has 1 aromatic heterocycles. The third kappa shape index (κ3) is 7.39. The fraction of sp³-hybridized carbons (Fsp3) is 0.562. The lowest BCUT2D eigenvalue weighted by Gasteiger charge is -2.47. The van der Waals surface area contributed by atoms with E-state index in [-0.39, 0.29) is 23.0 Å². The lowest BCUT2D eigenvalue weighted by atomic mass is 9.73. The van der Waals surface area contributed by atoms with Crippen LogP contribution in [-0.4, -0.2) is 53.5 Å². The van der Waals surface area contributed by atoms with Crippen LogP contribution in [0.15, 0.2) is 36.5 Å². The Bertz CT molecular complexity index is 1190. The Labute approximate surface area is 233 Å². The maximum absolute atomic E-state index is 12.7. The molecule has 4 atom stereocenters. The normalized spacial score (nSPS) is 20.1. The summed E-state index contributed by atoms with van der Waals surface area (Å²) in [6.07, 6.45) is 11.4. The van der Waals surface area contributed by atoms with Gasteiger partial charge in [-0.15, -0.1) is 6.42 Å². The van der Waals surface area contributed by atoms with Crippen molar-refractivity contribution in [1.82, 2.24) is 15.6 Å². The van der Waals surface area contributed by atoms with E-state index in [0.29, 0.717) is 18.8 Å². The average molecular weight is 534 g/mol. The van der Waals surface area contributed by atoms with E-state index < -0.39 is 18.2 Å². The van der Waals surface area contributed by atoms with Crippen molar-refractivity contribution in [2.45, 2.75) is 96.1 Å². The van der Waals surface area contributed by atoms with Gasteiger partial charge in [-0.1, -0.05) is 38.8 Å². The number of hydrogen-bond donors (Lipinski definition) is 3. The van der Waals surface area contributed by atoms with Gasteiger partial charge >= 0.3 is 0 Å². The van der Waals surface area contributed by atoms with Crippen LogP contribution in [0.5, 0.6) is 5.88 Å². The van der Waals surface area contributed by atoms with Crippen LogP contribution in [0.2, 0.25) is 0 Å². The molecule has 3 N–H and O–H groups in total. The van der Waals surface area contributed by atoms with Crippen molar-refractivity contribution in [3.8, 4) is 18.2 Å². The van der Waals surface area contributed by atoms with Gasteiger partial charge in [0, 0.05) is 43.4 Å². The number of ether oxygens (including phenoxy) is 2. The Morgan fingerprint density at radius 2 is 2.08 bits per heavy atom. The van der Waals surface area contributed by atoms with Crippen LogP contribution < -0.4 is 15.4 Å². The molecule has 7 heteroatoms. The first-order chi connectivity index (χ1) is 18.5. The van der Waals surface area contributed by atoms with E-state index in [1.54, 1.807) is 6.92 Å². The monoisotopic (exact) mass is 533 g/mol. The fourth-order valence-electron chi connectivity index (χ4n) is 5.48. The number of terminal acetylenes is 1. The van der Waals surface area contributed by atoms with Crippen molar-refractivity contribution < 1.29 is 19.4 Å². The summed E-state index contributed by atoms with van der Waals surface area (Å²) in [6.45, 7) is 8.64. The van der Waals surface area contributed by atoms with Gasteiger partial charge in [-0.25, -0.2) is 4.98 Å². The highest BCUT2D eigenvalue weighted by Gasteiger charge is 2.46. The Morgan fingerprint density at radius 3 is 2.72 bits per heavy atom. The highest BCUT2D eigenvalue weighted by Crippen LogP contribution is 2.48. The summed E-state index contributed by atoms with van der Waals surface area (Å²) in [5.41, 5.74) is 3.87. The van der Waals surface area contributed by atoms with Gasteiger partial charge in [0.1, 0.15) is 11.7 Å².